The molecule has 0 fully saturated rings. The smallest absolute Gasteiger partial charge is 0.122 e. The fourth-order valence-electron chi connectivity index (χ4n) is 1.70. The van der Waals surface area contributed by atoms with Gasteiger partial charge in [0.1, 0.15) is 5.75 Å². The molecule has 1 atom stereocenters. The number of hydrogen-bond acceptors (Lipinski definition) is 2. The lowest BCUT2D eigenvalue weighted by atomic mass is 10.0. The Kier molecular flexibility index (Phi) is 4.63. The zero-order chi connectivity index (χ0) is 11.3. The van der Waals surface area contributed by atoms with Crippen molar-refractivity contribution in [2.45, 2.75) is 39.7 Å². The van der Waals surface area contributed by atoms with Crippen molar-refractivity contribution in [3.8, 4) is 5.75 Å². The molecular formula is C13H21NO. The summed E-state index contributed by atoms with van der Waals surface area (Å²) in [5.74, 6) is 0.963. The minimum atomic E-state index is 0.157. The maximum Gasteiger partial charge on any atom is 0.122 e. The van der Waals surface area contributed by atoms with Crippen LogP contribution in [0.4, 0.5) is 0 Å². The summed E-state index contributed by atoms with van der Waals surface area (Å²) in [6, 6.07) is 6.37. The Bertz CT molecular complexity index is 309. The fourth-order valence-corrected chi connectivity index (χ4v) is 1.70. The molecule has 0 aliphatic rings. The number of ether oxygens (including phenoxy) is 1. The van der Waals surface area contributed by atoms with Gasteiger partial charge in [0.15, 0.2) is 0 Å². The fraction of sp³-hybridized carbons (Fsp3) is 0.538. The molecule has 0 radical (unpaired) electrons. The molecule has 0 aliphatic heterocycles. The van der Waals surface area contributed by atoms with Crippen molar-refractivity contribution in [1.82, 2.24) is 0 Å². The van der Waals surface area contributed by atoms with Crippen molar-refractivity contribution in [3.63, 3.8) is 0 Å². The van der Waals surface area contributed by atoms with E-state index in [-0.39, 0.29) is 6.04 Å². The van der Waals surface area contributed by atoms with E-state index in [4.69, 9.17) is 10.5 Å². The molecule has 0 bridgehead atoms. The molecule has 0 amide bonds. The van der Waals surface area contributed by atoms with Crippen LogP contribution >= 0.6 is 0 Å². The molecule has 0 heterocycles. The molecular weight excluding hydrogens is 186 g/mol. The summed E-state index contributed by atoms with van der Waals surface area (Å²) < 4.78 is 5.49. The van der Waals surface area contributed by atoms with Crippen molar-refractivity contribution in [2.24, 2.45) is 5.73 Å². The van der Waals surface area contributed by atoms with Crippen LogP contribution in [0.15, 0.2) is 18.2 Å². The number of rotatable bonds is 5. The van der Waals surface area contributed by atoms with Crippen LogP contribution in [0.5, 0.6) is 5.75 Å². The first kappa shape index (κ1) is 12.1. The number of nitrogens with two attached hydrogens (primary N) is 1. The summed E-state index contributed by atoms with van der Waals surface area (Å²) >= 11 is 0. The topological polar surface area (TPSA) is 35.2 Å². The van der Waals surface area contributed by atoms with Gasteiger partial charge in [0.05, 0.1) is 6.61 Å². The highest BCUT2D eigenvalue weighted by molar-refractivity contribution is 5.37. The Labute approximate surface area is 92.4 Å². The predicted octanol–water partition coefficient (Wildman–Crippen LogP) is 3.19. The van der Waals surface area contributed by atoms with E-state index < -0.39 is 0 Å². The first-order valence-corrected chi connectivity index (χ1v) is 5.68. The van der Waals surface area contributed by atoms with E-state index in [2.05, 4.69) is 26.0 Å². The van der Waals surface area contributed by atoms with Crippen molar-refractivity contribution >= 4 is 0 Å². The van der Waals surface area contributed by atoms with E-state index in [0.29, 0.717) is 6.61 Å². The lowest BCUT2D eigenvalue weighted by molar-refractivity contribution is 0.337. The van der Waals surface area contributed by atoms with Crippen LogP contribution in [-0.2, 0) is 0 Å². The van der Waals surface area contributed by atoms with Gasteiger partial charge in [-0.3, -0.25) is 0 Å². The van der Waals surface area contributed by atoms with Crippen molar-refractivity contribution in [1.29, 1.82) is 0 Å². The first-order valence-electron chi connectivity index (χ1n) is 5.68. The Hall–Kier alpha value is -1.02. The van der Waals surface area contributed by atoms with Crippen LogP contribution in [0.2, 0.25) is 0 Å². The highest BCUT2D eigenvalue weighted by atomic mass is 16.5. The van der Waals surface area contributed by atoms with Crippen molar-refractivity contribution < 1.29 is 4.74 Å². The molecule has 84 valence electrons. The lowest BCUT2D eigenvalue weighted by Gasteiger charge is -2.13. The van der Waals surface area contributed by atoms with Gasteiger partial charge in [-0.05, 0) is 37.5 Å². The third kappa shape index (κ3) is 3.24. The number of benzene rings is 1. The summed E-state index contributed by atoms with van der Waals surface area (Å²) in [5.41, 5.74) is 8.43. The van der Waals surface area contributed by atoms with Crippen LogP contribution in [-0.4, -0.2) is 6.61 Å². The monoisotopic (exact) mass is 207 g/mol. The average molecular weight is 207 g/mol. The minimum Gasteiger partial charge on any atom is -0.494 e. The Morgan fingerprint density at radius 2 is 2.07 bits per heavy atom. The largest absolute Gasteiger partial charge is 0.494 e. The summed E-state index contributed by atoms with van der Waals surface area (Å²) in [6.45, 7) is 6.92. The molecule has 0 unspecified atom stereocenters. The molecule has 0 aromatic heterocycles. The lowest BCUT2D eigenvalue weighted by Crippen LogP contribution is -2.10. The summed E-state index contributed by atoms with van der Waals surface area (Å²) in [7, 11) is 0. The molecule has 2 heteroatoms. The van der Waals surface area contributed by atoms with Gasteiger partial charge in [-0.15, -0.1) is 0 Å². The van der Waals surface area contributed by atoms with Crippen LogP contribution < -0.4 is 10.5 Å². The Morgan fingerprint density at radius 1 is 1.33 bits per heavy atom. The zero-order valence-electron chi connectivity index (χ0n) is 9.92. The molecule has 0 spiro atoms. The van der Waals surface area contributed by atoms with E-state index in [0.717, 1.165) is 18.6 Å². The molecule has 0 saturated carbocycles. The van der Waals surface area contributed by atoms with Gasteiger partial charge >= 0.3 is 0 Å². The SMILES string of the molecule is CCC[C@@H](N)c1ccc(OCC)c(C)c1. The van der Waals surface area contributed by atoms with Crippen LogP contribution in [0.1, 0.15) is 43.9 Å². The van der Waals surface area contributed by atoms with E-state index in [1.807, 2.05) is 13.0 Å². The van der Waals surface area contributed by atoms with Crippen LogP contribution in [0.3, 0.4) is 0 Å². The summed E-state index contributed by atoms with van der Waals surface area (Å²) in [6.07, 6.45) is 2.15. The van der Waals surface area contributed by atoms with Gasteiger partial charge in [-0.2, -0.15) is 0 Å². The minimum absolute atomic E-state index is 0.157. The molecule has 1 rings (SSSR count). The number of aryl methyl sites for hydroxylation is 1. The molecule has 15 heavy (non-hydrogen) atoms. The Balaban J connectivity index is 2.81. The van der Waals surface area contributed by atoms with Gasteiger partial charge in [-0.25, -0.2) is 0 Å². The third-order valence-electron chi connectivity index (χ3n) is 2.53. The van der Waals surface area contributed by atoms with Gasteiger partial charge in [0, 0.05) is 6.04 Å². The van der Waals surface area contributed by atoms with Crippen LogP contribution in [0, 0.1) is 6.92 Å². The summed E-state index contributed by atoms with van der Waals surface area (Å²) in [4.78, 5) is 0. The van der Waals surface area contributed by atoms with Gasteiger partial charge < -0.3 is 10.5 Å². The molecule has 1 aromatic carbocycles. The van der Waals surface area contributed by atoms with Crippen molar-refractivity contribution in [3.05, 3.63) is 29.3 Å². The second-order valence-electron chi connectivity index (χ2n) is 3.85. The highest BCUT2D eigenvalue weighted by Gasteiger charge is 2.07. The second kappa shape index (κ2) is 5.76. The van der Waals surface area contributed by atoms with E-state index in [1.165, 1.54) is 11.1 Å². The van der Waals surface area contributed by atoms with E-state index in [1.54, 1.807) is 0 Å². The molecule has 2 N–H and O–H groups in total. The average Bonchev–Trinajstić information content (AvgIpc) is 2.21. The quantitative estimate of drug-likeness (QED) is 0.804. The van der Waals surface area contributed by atoms with Gasteiger partial charge in [0.25, 0.3) is 0 Å². The standard InChI is InChI=1S/C13H21NO/c1-4-6-12(14)11-7-8-13(15-5-2)10(3)9-11/h7-9,12H,4-6,14H2,1-3H3/t12-/m1/s1. The second-order valence-corrected chi connectivity index (χ2v) is 3.85. The van der Waals surface area contributed by atoms with Crippen molar-refractivity contribution in [2.75, 3.05) is 6.61 Å². The highest BCUT2D eigenvalue weighted by Crippen LogP contribution is 2.23. The van der Waals surface area contributed by atoms with Gasteiger partial charge in [-0.1, -0.05) is 25.5 Å². The first-order chi connectivity index (χ1) is 7.19. The molecule has 0 saturated heterocycles. The summed E-state index contributed by atoms with van der Waals surface area (Å²) in [5, 5.41) is 0. The maximum absolute atomic E-state index is 6.06. The molecule has 2 nitrogen and oxygen atoms in total. The normalized spacial score (nSPS) is 12.5. The number of hydrogen-bond donors (Lipinski definition) is 1. The third-order valence-corrected chi connectivity index (χ3v) is 2.53. The Morgan fingerprint density at radius 3 is 2.60 bits per heavy atom. The maximum atomic E-state index is 6.06. The zero-order valence-corrected chi connectivity index (χ0v) is 9.92. The van der Waals surface area contributed by atoms with E-state index in [9.17, 15) is 0 Å². The van der Waals surface area contributed by atoms with Gasteiger partial charge in [0.2, 0.25) is 0 Å². The predicted molar refractivity (Wildman–Crippen MR) is 64.2 cm³/mol. The van der Waals surface area contributed by atoms with Crippen LogP contribution in [0.25, 0.3) is 0 Å². The molecule has 0 aliphatic carbocycles. The van der Waals surface area contributed by atoms with E-state index >= 15 is 0 Å². The molecule has 1 aromatic rings.